The molecular formula is C16H25FN2O3S. The van der Waals surface area contributed by atoms with Crippen LogP contribution >= 0.6 is 0 Å². The first-order valence-corrected chi connectivity index (χ1v) is 9.30. The monoisotopic (exact) mass is 344 g/mol. The van der Waals surface area contributed by atoms with Crippen molar-refractivity contribution in [2.45, 2.75) is 43.9 Å². The molecule has 1 amide bonds. The van der Waals surface area contributed by atoms with Crippen LogP contribution in [0.1, 0.15) is 39.0 Å². The average molecular weight is 344 g/mol. The number of nitrogens with one attached hydrogen (secondary N) is 1. The van der Waals surface area contributed by atoms with Crippen LogP contribution in [-0.2, 0) is 14.8 Å². The van der Waals surface area contributed by atoms with Crippen molar-refractivity contribution in [1.82, 2.24) is 9.62 Å². The molecular weight excluding hydrogens is 319 g/mol. The molecule has 0 aromatic heterocycles. The predicted molar refractivity (Wildman–Crippen MR) is 88.0 cm³/mol. The van der Waals surface area contributed by atoms with E-state index in [2.05, 4.69) is 12.2 Å². The lowest BCUT2D eigenvalue weighted by Gasteiger charge is -2.17. The smallest absolute Gasteiger partial charge is 0.242 e. The fraction of sp³-hybridized carbons (Fsp3) is 0.562. The van der Waals surface area contributed by atoms with Crippen molar-refractivity contribution >= 4 is 15.9 Å². The van der Waals surface area contributed by atoms with Gasteiger partial charge in [-0.25, -0.2) is 17.1 Å². The molecule has 1 aromatic carbocycles. The number of unbranched alkanes of at least 4 members (excludes halogenated alkanes) is 2. The van der Waals surface area contributed by atoms with E-state index in [-0.39, 0.29) is 23.8 Å². The Morgan fingerprint density at radius 1 is 1.17 bits per heavy atom. The number of carbonyl (C=O) groups excluding carboxylic acids is 1. The zero-order chi connectivity index (χ0) is 17.3. The second-order valence-corrected chi connectivity index (χ2v) is 7.49. The summed E-state index contributed by atoms with van der Waals surface area (Å²) in [5, 5.41) is 2.82. The third-order valence-corrected chi connectivity index (χ3v) is 5.37. The minimum Gasteiger partial charge on any atom is -0.356 e. The highest BCUT2D eigenvalue weighted by molar-refractivity contribution is 7.89. The highest BCUT2D eigenvalue weighted by atomic mass is 32.2. The summed E-state index contributed by atoms with van der Waals surface area (Å²) < 4.78 is 38.6. The van der Waals surface area contributed by atoms with E-state index in [1.807, 2.05) is 0 Å². The summed E-state index contributed by atoms with van der Waals surface area (Å²) in [6.45, 7) is 3.00. The Hall–Kier alpha value is -1.47. The molecule has 130 valence electrons. The molecule has 0 saturated carbocycles. The number of sulfonamides is 1. The van der Waals surface area contributed by atoms with Crippen LogP contribution in [0.25, 0.3) is 0 Å². The van der Waals surface area contributed by atoms with Crippen LogP contribution in [0.4, 0.5) is 4.39 Å². The molecule has 23 heavy (non-hydrogen) atoms. The van der Waals surface area contributed by atoms with Crippen LogP contribution in [0.3, 0.4) is 0 Å². The third kappa shape index (κ3) is 6.66. The lowest BCUT2D eigenvalue weighted by atomic mass is 10.2. The van der Waals surface area contributed by atoms with Gasteiger partial charge in [0, 0.05) is 26.6 Å². The molecule has 0 aliphatic heterocycles. The summed E-state index contributed by atoms with van der Waals surface area (Å²) in [6.07, 6.45) is 3.87. The van der Waals surface area contributed by atoms with Crippen LogP contribution in [-0.4, -0.2) is 38.8 Å². The van der Waals surface area contributed by atoms with Crippen molar-refractivity contribution in [3.05, 3.63) is 30.1 Å². The van der Waals surface area contributed by atoms with Crippen molar-refractivity contribution in [3.8, 4) is 0 Å². The maximum Gasteiger partial charge on any atom is 0.242 e. The molecule has 0 heterocycles. The first kappa shape index (κ1) is 19.6. The maximum absolute atomic E-state index is 12.9. The van der Waals surface area contributed by atoms with Gasteiger partial charge in [-0.1, -0.05) is 19.8 Å². The zero-order valence-electron chi connectivity index (χ0n) is 13.7. The van der Waals surface area contributed by atoms with Crippen molar-refractivity contribution < 1.29 is 17.6 Å². The van der Waals surface area contributed by atoms with E-state index in [1.165, 1.54) is 23.5 Å². The van der Waals surface area contributed by atoms with E-state index in [1.54, 1.807) is 0 Å². The Bertz CT molecular complexity index is 588. The van der Waals surface area contributed by atoms with E-state index in [9.17, 15) is 17.6 Å². The summed E-state index contributed by atoms with van der Waals surface area (Å²) in [4.78, 5) is 11.7. The lowest BCUT2D eigenvalue weighted by molar-refractivity contribution is -0.121. The number of benzene rings is 1. The first-order valence-electron chi connectivity index (χ1n) is 7.86. The Morgan fingerprint density at radius 3 is 2.43 bits per heavy atom. The summed E-state index contributed by atoms with van der Waals surface area (Å²) in [7, 11) is -2.19. The molecule has 7 heteroatoms. The van der Waals surface area contributed by atoms with E-state index < -0.39 is 15.8 Å². The van der Waals surface area contributed by atoms with E-state index in [4.69, 9.17) is 0 Å². The van der Waals surface area contributed by atoms with Gasteiger partial charge in [-0.05, 0) is 37.1 Å². The fourth-order valence-electron chi connectivity index (χ4n) is 2.06. The molecule has 0 saturated heterocycles. The van der Waals surface area contributed by atoms with Gasteiger partial charge < -0.3 is 5.32 Å². The topological polar surface area (TPSA) is 66.5 Å². The van der Waals surface area contributed by atoms with Gasteiger partial charge in [0.2, 0.25) is 15.9 Å². The van der Waals surface area contributed by atoms with Gasteiger partial charge in [-0.3, -0.25) is 4.79 Å². The number of hydrogen-bond donors (Lipinski definition) is 1. The molecule has 1 aromatic rings. The summed E-state index contributed by atoms with van der Waals surface area (Å²) >= 11 is 0. The van der Waals surface area contributed by atoms with Crippen LogP contribution in [0, 0.1) is 5.82 Å². The van der Waals surface area contributed by atoms with Gasteiger partial charge >= 0.3 is 0 Å². The van der Waals surface area contributed by atoms with Gasteiger partial charge in [-0.2, -0.15) is 0 Å². The molecule has 0 aliphatic carbocycles. The van der Waals surface area contributed by atoms with Gasteiger partial charge in [0.25, 0.3) is 0 Å². The van der Waals surface area contributed by atoms with E-state index >= 15 is 0 Å². The number of hydrogen-bond acceptors (Lipinski definition) is 3. The standard InChI is InChI=1S/C16H25FN2O3S/c1-3-4-5-12-18-16(20)7-6-13-19(2)23(21,22)15-10-8-14(17)9-11-15/h8-11H,3-7,12-13H2,1-2H3,(H,18,20). The number of amides is 1. The SMILES string of the molecule is CCCCCNC(=O)CCCN(C)S(=O)(=O)c1ccc(F)cc1. The van der Waals surface area contributed by atoms with Gasteiger partial charge in [0.05, 0.1) is 4.90 Å². The minimum absolute atomic E-state index is 0.0467. The molecule has 0 bridgehead atoms. The second kappa shape index (κ2) is 9.62. The highest BCUT2D eigenvalue weighted by Crippen LogP contribution is 2.15. The molecule has 0 radical (unpaired) electrons. The van der Waals surface area contributed by atoms with Gasteiger partial charge in [0.15, 0.2) is 0 Å². The zero-order valence-corrected chi connectivity index (χ0v) is 14.5. The van der Waals surface area contributed by atoms with E-state index in [0.717, 1.165) is 31.4 Å². The number of halogens is 1. The molecule has 5 nitrogen and oxygen atoms in total. The fourth-order valence-corrected chi connectivity index (χ4v) is 3.27. The van der Waals surface area contributed by atoms with Crippen molar-refractivity contribution in [3.63, 3.8) is 0 Å². The van der Waals surface area contributed by atoms with Crippen molar-refractivity contribution in [1.29, 1.82) is 0 Å². The minimum atomic E-state index is -3.64. The molecule has 1 N–H and O–H groups in total. The molecule has 0 aliphatic rings. The highest BCUT2D eigenvalue weighted by Gasteiger charge is 2.20. The second-order valence-electron chi connectivity index (χ2n) is 5.44. The quantitative estimate of drug-likeness (QED) is 0.663. The Kier molecular flexibility index (Phi) is 8.19. The molecule has 0 spiro atoms. The molecule has 1 rings (SSSR count). The number of rotatable bonds is 10. The number of nitrogens with zero attached hydrogens (tertiary/aromatic N) is 1. The Labute approximate surface area is 137 Å². The van der Waals surface area contributed by atoms with Crippen LogP contribution in [0.5, 0.6) is 0 Å². The lowest BCUT2D eigenvalue weighted by Crippen LogP contribution is -2.30. The molecule has 0 unspecified atom stereocenters. The van der Waals surface area contributed by atoms with Crippen molar-refractivity contribution in [2.75, 3.05) is 20.1 Å². The van der Waals surface area contributed by atoms with Crippen LogP contribution < -0.4 is 5.32 Å². The Morgan fingerprint density at radius 2 is 1.83 bits per heavy atom. The Balaban J connectivity index is 2.39. The van der Waals surface area contributed by atoms with Crippen LogP contribution in [0.2, 0.25) is 0 Å². The average Bonchev–Trinajstić information content (AvgIpc) is 2.52. The summed E-state index contributed by atoms with van der Waals surface area (Å²) in [5.74, 6) is -0.542. The first-order chi connectivity index (χ1) is 10.9. The summed E-state index contributed by atoms with van der Waals surface area (Å²) in [5.41, 5.74) is 0. The largest absolute Gasteiger partial charge is 0.356 e. The van der Waals surface area contributed by atoms with Crippen molar-refractivity contribution in [2.24, 2.45) is 0 Å². The van der Waals surface area contributed by atoms with E-state index in [0.29, 0.717) is 13.0 Å². The number of carbonyl (C=O) groups is 1. The molecule has 0 atom stereocenters. The van der Waals surface area contributed by atoms with Gasteiger partial charge in [-0.15, -0.1) is 0 Å². The summed E-state index contributed by atoms with van der Waals surface area (Å²) in [6, 6.07) is 4.71. The molecule has 0 fully saturated rings. The third-order valence-electron chi connectivity index (χ3n) is 3.50. The van der Waals surface area contributed by atoms with Crippen LogP contribution in [0.15, 0.2) is 29.2 Å². The normalized spacial score (nSPS) is 11.7. The van der Waals surface area contributed by atoms with Gasteiger partial charge in [0.1, 0.15) is 5.82 Å². The predicted octanol–water partition coefficient (Wildman–Crippen LogP) is 2.53. The maximum atomic E-state index is 12.9.